The van der Waals surface area contributed by atoms with Crippen LogP contribution in [0.25, 0.3) is 88.5 Å². The Bertz CT molecular complexity index is 2910. The average molecular weight is 666 g/mol. The van der Waals surface area contributed by atoms with Crippen LogP contribution in [0.4, 0.5) is 0 Å². The van der Waals surface area contributed by atoms with E-state index >= 15 is 0 Å². The van der Waals surface area contributed by atoms with Crippen LogP contribution in [-0.2, 0) is 6.42 Å². The molecule has 10 rings (SSSR count). The summed E-state index contributed by atoms with van der Waals surface area (Å²) in [6.07, 6.45) is 0.523. The molecule has 0 aliphatic heterocycles. The zero-order valence-corrected chi connectivity index (χ0v) is 28.2. The second kappa shape index (κ2) is 12.4. The van der Waals surface area contributed by atoms with Crippen LogP contribution in [-0.4, -0.2) is 15.0 Å². The second-order valence-corrected chi connectivity index (χ2v) is 13.2. The first-order valence-electron chi connectivity index (χ1n) is 17.6. The third-order valence-corrected chi connectivity index (χ3v) is 9.97. The predicted molar refractivity (Wildman–Crippen MR) is 213 cm³/mol. The highest BCUT2D eigenvalue weighted by Gasteiger charge is 2.17. The molecule has 2 heterocycles. The molecule has 0 unspecified atom stereocenters. The van der Waals surface area contributed by atoms with Gasteiger partial charge in [-0.15, -0.1) is 0 Å². The highest BCUT2D eigenvalue weighted by Crippen LogP contribution is 2.37. The summed E-state index contributed by atoms with van der Waals surface area (Å²) in [6, 6.07) is 61.5. The third-order valence-electron chi connectivity index (χ3n) is 9.97. The van der Waals surface area contributed by atoms with Gasteiger partial charge in [0, 0.05) is 28.3 Å². The lowest BCUT2D eigenvalue weighted by Gasteiger charge is -2.10. The molecular weight excluding hydrogens is 635 g/mol. The summed E-state index contributed by atoms with van der Waals surface area (Å²) in [4.78, 5) is 15.1. The quantitative estimate of drug-likeness (QED) is 0.166. The number of fused-ring (bicyclic) bond motifs is 6. The smallest absolute Gasteiger partial charge is 0.163 e. The van der Waals surface area contributed by atoms with Gasteiger partial charge in [0.25, 0.3) is 0 Å². The van der Waals surface area contributed by atoms with Crippen LogP contribution in [0.15, 0.2) is 180 Å². The maximum Gasteiger partial charge on any atom is 0.163 e. The van der Waals surface area contributed by atoms with Crippen molar-refractivity contribution in [2.24, 2.45) is 0 Å². The number of hydrogen-bond acceptors (Lipinski definition) is 4. The number of rotatable bonds is 6. The van der Waals surface area contributed by atoms with Gasteiger partial charge in [-0.25, -0.2) is 15.0 Å². The Morgan fingerprint density at radius 1 is 0.365 bits per heavy atom. The summed E-state index contributed by atoms with van der Waals surface area (Å²) < 4.78 is 6.43. The van der Waals surface area contributed by atoms with Gasteiger partial charge in [-0.2, -0.15) is 0 Å². The van der Waals surface area contributed by atoms with Crippen molar-refractivity contribution in [3.63, 3.8) is 0 Å². The normalized spacial score (nSPS) is 11.5. The lowest BCUT2D eigenvalue weighted by Crippen LogP contribution is -2.04. The van der Waals surface area contributed by atoms with Crippen molar-refractivity contribution < 1.29 is 4.42 Å². The van der Waals surface area contributed by atoms with Crippen molar-refractivity contribution in [1.82, 2.24) is 15.0 Å². The Balaban J connectivity index is 1.07. The number of hydrogen-bond donors (Lipinski definition) is 0. The van der Waals surface area contributed by atoms with Gasteiger partial charge in [0.15, 0.2) is 11.6 Å². The van der Waals surface area contributed by atoms with E-state index in [0.29, 0.717) is 23.9 Å². The van der Waals surface area contributed by atoms with E-state index < -0.39 is 0 Å². The molecule has 0 spiro atoms. The van der Waals surface area contributed by atoms with E-state index in [4.69, 9.17) is 19.4 Å². The summed E-state index contributed by atoms with van der Waals surface area (Å²) in [7, 11) is 0. The fraction of sp³-hybridized carbons (Fsp3) is 0.0208. The van der Waals surface area contributed by atoms with E-state index in [1.54, 1.807) is 0 Å². The first-order valence-corrected chi connectivity index (χ1v) is 17.6. The monoisotopic (exact) mass is 665 g/mol. The molecule has 2 aromatic heterocycles. The topological polar surface area (TPSA) is 51.8 Å². The lowest BCUT2D eigenvalue weighted by molar-refractivity contribution is 0.668. The first-order chi connectivity index (χ1) is 25.7. The highest BCUT2D eigenvalue weighted by molar-refractivity contribution is 6.10. The molecule has 8 aromatic carbocycles. The third kappa shape index (κ3) is 5.38. The molecule has 0 radical (unpaired) electrons. The van der Waals surface area contributed by atoms with Crippen molar-refractivity contribution >= 4 is 43.5 Å². The lowest BCUT2D eigenvalue weighted by atomic mass is 9.96. The predicted octanol–water partition coefficient (Wildman–Crippen LogP) is 12.3. The summed E-state index contributed by atoms with van der Waals surface area (Å²) in [5.41, 5.74) is 9.35. The molecule has 0 bridgehead atoms. The number of benzene rings is 8. The molecule has 0 N–H and O–H groups in total. The molecular formula is C48H31N3O. The van der Waals surface area contributed by atoms with E-state index in [1.807, 2.05) is 42.5 Å². The van der Waals surface area contributed by atoms with Crippen molar-refractivity contribution in [1.29, 1.82) is 0 Å². The van der Waals surface area contributed by atoms with E-state index in [2.05, 4.69) is 133 Å². The summed E-state index contributed by atoms with van der Waals surface area (Å²) in [5, 5.41) is 7.16. The molecule has 0 fully saturated rings. The van der Waals surface area contributed by atoms with Gasteiger partial charge in [-0.05, 0) is 73.6 Å². The minimum Gasteiger partial charge on any atom is -0.456 e. The number of nitrogens with zero attached hydrogens (tertiary/aromatic N) is 3. The van der Waals surface area contributed by atoms with Gasteiger partial charge in [-0.1, -0.05) is 152 Å². The van der Waals surface area contributed by atoms with Gasteiger partial charge in [-0.3, -0.25) is 0 Å². The Kier molecular flexibility index (Phi) is 7.17. The Labute approximate surface area is 300 Å². The van der Waals surface area contributed by atoms with E-state index in [0.717, 1.165) is 49.8 Å². The molecule has 0 saturated heterocycles. The van der Waals surface area contributed by atoms with Crippen LogP contribution < -0.4 is 0 Å². The van der Waals surface area contributed by atoms with Crippen molar-refractivity contribution in [2.45, 2.75) is 6.42 Å². The van der Waals surface area contributed by atoms with Gasteiger partial charge < -0.3 is 4.42 Å². The zero-order valence-electron chi connectivity index (χ0n) is 28.2. The largest absolute Gasteiger partial charge is 0.456 e. The zero-order chi connectivity index (χ0) is 34.4. The Morgan fingerprint density at radius 3 is 1.69 bits per heavy atom. The number of furan rings is 1. The number of aromatic nitrogens is 3. The molecule has 0 atom stereocenters. The molecule has 0 aliphatic rings. The summed E-state index contributed by atoms with van der Waals surface area (Å²) in [6.45, 7) is 0. The van der Waals surface area contributed by atoms with Crippen molar-refractivity contribution in [2.75, 3.05) is 0 Å². The molecule has 244 valence electrons. The van der Waals surface area contributed by atoms with Gasteiger partial charge in [0.1, 0.15) is 17.0 Å². The van der Waals surface area contributed by atoms with Crippen LogP contribution in [0, 0.1) is 0 Å². The molecule has 0 amide bonds. The minimum atomic E-state index is 0.523. The van der Waals surface area contributed by atoms with Crippen LogP contribution in [0.3, 0.4) is 0 Å². The van der Waals surface area contributed by atoms with Crippen LogP contribution >= 0.6 is 0 Å². The van der Waals surface area contributed by atoms with Crippen molar-refractivity contribution in [3.8, 4) is 45.0 Å². The molecule has 10 aromatic rings. The Hall–Kier alpha value is -6.91. The summed E-state index contributed by atoms with van der Waals surface area (Å²) >= 11 is 0. The van der Waals surface area contributed by atoms with E-state index in [1.165, 1.54) is 32.7 Å². The average Bonchev–Trinajstić information content (AvgIpc) is 3.60. The van der Waals surface area contributed by atoms with Crippen molar-refractivity contribution in [3.05, 3.63) is 187 Å². The highest BCUT2D eigenvalue weighted by atomic mass is 16.3. The second-order valence-electron chi connectivity index (χ2n) is 13.2. The SMILES string of the molecule is c1ccc(-c2ccc(-c3nc(Cc4cccc5oc6ccc(-c7ccc8ccc9ccccc9c8c7)cc6c45)nc(-c4ccccc4)n3)cc2)cc1. The van der Waals surface area contributed by atoms with Gasteiger partial charge >= 0.3 is 0 Å². The fourth-order valence-corrected chi connectivity index (χ4v) is 7.37. The standard InChI is InChI=1S/C48H31N3O/c1-3-10-31(11-4-1)32-18-23-36(24-19-32)48-50-45(49-47(51-48)35-13-5-2-6-14-35)30-39-15-9-17-44-46(39)42-29-38(26-27-43(42)52-44)37-25-22-34-21-20-33-12-7-8-16-40(33)41(34)28-37/h1-29H,30H2. The Morgan fingerprint density at radius 2 is 0.923 bits per heavy atom. The van der Waals surface area contributed by atoms with Crippen LogP contribution in [0.5, 0.6) is 0 Å². The molecule has 4 nitrogen and oxygen atoms in total. The van der Waals surface area contributed by atoms with E-state index in [9.17, 15) is 0 Å². The fourth-order valence-electron chi connectivity index (χ4n) is 7.37. The molecule has 4 heteroatoms. The van der Waals surface area contributed by atoms with Crippen LogP contribution in [0.1, 0.15) is 11.4 Å². The van der Waals surface area contributed by atoms with Gasteiger partial charge in [0.05, 0.1) is 0 Å². The molecule has 0 saturated carbocycles. The first kappa shape index (κ1) is 30.0. The minimum absolute atomic E-state index is 0.523. The maximum absolute atomic E-state index is 6.43. The van der Waals surface area contributed by atoms with Crippen LogP contribution in [0.2, 0.25) is 0 Å². The maximum atomic E-state index is 6.43. The van der Waals surface area contributed by atoms with E-state index in [-0.39, 0.29) is 0 Å². The van der Waals surface area contributed by atoms with Gasteiger partial charge in [0.2, 0.25) is 0 Å². The molecule has 0 aliphatic carbocycles. The molecule has 52 heavy (non-hydrogen) atoms. The summed E-state index contributed by atoms with van der Waals surface area (Å²) in [5.74, 6) is 2.01.